The van der Waals surface area contributed by atoms with Crippen LogP contribution in [0.1, 0.15) is 5.56 Å². The Morgan fingerprint density at radius 2 is 1.67 bits per heavy atom. The van der Waals surface area contributed by atoms with E-state index >= 15 is 0 Å². The molecule has 0 aromatic heterocycles. The second-order valence-corrected chi connectivity index (χ2v) is 6.73. The summed E-state index contributed by atoms with van der Waals surface area (Å²) in [6, 6.07) is 17.4. The van der Waals surface area contributed by atoms with Crippen LogP contribution in [0.15, 0.2) is 59.1 Å². The molecule has 0 aliphatic rings. The SMILES string of the molecule is COc1cc(Br)c(CNC(=O)COc2ccc3ccccc3c2)cc1OC. The molecule has 3 rings (SSSR count). The fourth-order valence-corrected chi connectivity index (χ4v) is 3.15. The van der Waals surface area contributed by atoms with Gasteiger partial charge in [0.05, 0.1) is 14.2 Å². The summed E-state index contributed by atoms with van der Waals surface area (Å²) in [7, 11) is 3.15. The van der Waals surface area contributed by atoms with E-state index < -0.39 is 0 Å². The van der Waals surface area contributed by atoms with Gasteiger partial charge in [0.2, 0.25) is 0 Å². The molecule has 5 nitrogen and oxygen atoms in total. The quantitative estimate of drug-likeness (QED) is 0.607. The van der Waals surface area contributed by atoms with Crippen LogP contribution in [0.25, 0.3) is 10.8 Å². The van der Waals surface area contributed by atoms with Crippen molar-refractivity contribution in [1.82, 2.24) is 5.32 Å². The Morgan fingerprint density at radius 3 is 2.41 bits per heavy atom. The zero-order valence-electron chi connectivity index (χ0n) is 15.1. The number of carbonyl (C=O) groups is 1. The van der Waals surface area contributed by atoms with Crippen molar-refractivity contribution < 1.29 is 19.0 Å². The first kappa shape index (κ1) is 19.0. The van der Waals surface area contributed by atoms with Gasteiger partial charge in [-0.2, -0.15) is 0 Å². The lowest BCUT2D eigenvalue weighted by Gasteiger charge is -2.13. The van der Waals surface area contributed by atoms with E-state index in [4.69, 9.17) is 14.2 Å². The maximum Gasteiger partial charge on any atom is 0.258 e. The number of hydrogen-bond acceptors (Lipinski definition) is 4. The van der Waals surface area contributed by atoms with Gasteiger partial charge in [0.15, 0.2) is 18.1 Å². The number of carbonyl (C=O) groups excluding carboxylic acids is 1. The van der Waals surface area contributed by atoms with E-state index in [0.29, 0.717) is 23.8 Å². The summed E-state index contributed by atoms with van der Waals surface area (Å²) in [5.74, 6) is 1.69. The highest BCUT2D eigenvalue weighted by Gasteiger charge is 2.11. The zero-order valence-corrected chi connectivity index (χ0v) is 16.7. The molecule has 0 bridgehead atoms. The van der Waals surface area contributed by atoms with Gasteiger partial charge in [0.25, 0.3) is 5.91 Å². The molecule has 0 saturated heterocycles. The highest BCUT2D eigenvalue weighted by molar-refractivity contribution is 9.10. The highest BCUT2D eigenvalue weighted by Crippen LogP contribution is 2.33. The van der Waals surface area contributed by atoms with E-state index in [1.54, 1.807) is 14.2 Å². The van der Waals surface area contributed by atoms with Crippen molar-refractivity contribution in [2.45, 2.75) is 6.54 Å². The fourth-order valence-electron chi connectivity index (χ4n) is 2.68. The summed E-state index contributed by atoms with van der Waals surface area (Å²) in [5, 5.41) is 5.05. The molecule has 0 atom stereocenters. The van der Waals surface area contributed by atoms with Crippen LogP contribution in [0.2, 0.25) is 0 Å². The monoisotopic (exact) mass is 429 g/mol. The number of halogens is 1. The van der Waals surface area contributed by atoms with Gasteiger partial charge in [0.1, 0.15) is 5.75 Å². The molecule has 0 unspecified atom stereocenters. The van der Waals surface area contributed by atoms with Gasteiger partial charge in [-0.25, -0.2) is 0 Å². The summed E-state index contributed by atoms with van der Waals surface area (Å²) >= 11 is 3.48. The molecule has 0 aliphatic heterocycles. The number of fused-ring (bicyclic) bond motifs is 1. The topological polar surface area (TPSA) is 56.8 Å². The van der Waals surface area contributed by atoms with Crippen LogP contribution in [0.3, 0.4) is 0 Å². The first-order valence-corrected chi connectivity index (χ1v) is 9.18. The van der Waals surface area contributed by atoms with Crippen LogP contribution >= 0.6 is 15.9 Å². The summed E-state index contributed by atoms with van der Waals surface area (Å²) in [6.45, 7) is 0.296. The van der Waals surface area contributed by atoms with E-state index in [2.05, 4.69) is 21.2 Å². The molecule has 0 aliphatic carbocycles. The van der Waals surface area contributed by atoms with E-state index in [9.17, 15) is 4.79 Å². The Morgan fingerprint density at radius 1 is 0.963 bits per heavy atom. The maximum atomic E-state index is 12.1. The van der Waals surface area contributed by atoms with Crippen LogP contribution in [0.5, 0.6) is 17.2 Å². The van der Waals surface area contributed by atoms with Crippen molar-refractivity contribution in [3.8, 4) is 17.2 Å². The van der Waals surface area contributed by atoms with Gasteiger partial charge in [-0.05, 0) is 40.6 Å². The lowest BCUT2D eigenvalue weighted by atomic mass is 10.1. The van der Waals surface area contributed by atoms with Gasteiger partial charge in [-0.15, -0.1) is 0 Å². The minimum Gasteiger partial charge on any atom is -0.493 e. The van der Waals surface area contributed by atoms with Crippen LogP contribution < -0.4 is 19.5 Å². The summed E-state index contributed by atoms with van der Waals surface area (Å²) in [6.07, 6.45) is 0. The molecule has 27 heavy (non-hydrogen) atoms. The Kier molecular flexibility index (Phi) is 6.19. The van der Waals surface area contributed by atoms with Gasteiger partial charge < -0.3 is 19.5 Å². The van der Waals surface area contributed by atoms with Crippen LogP contribution in [-0.4, -0.2) is 26.7 Å². The molecule has 0 radical (unpaired) electrons. The molecule has 140 valence electrons. The predicted octanol–water partition coefficient (Wildman–Crippen LogP) is 4.31. The number of amides is 1. The molecule has 0 spiro atoms. The average Bonchev–Trinajstić information content (AvgIpc) is 2.70. The van der Waals surface area contributed by atoms with Crippen LogP contribution in [0, 0.1) is 0 Å². The lowest BCUT2D eigenvalue weighted by Crippen LogP contribution is -2.28. The molecule has 0 heterocycles. The molecule has 1 amide bonds. The Bertz CT molecular complexity index is 958. The first-order valence-electron chi connectivity index (χ1n) is 8.39. The van der Waals surface area contributed by atoms with E-state index in [-0.39, 0.29) is 12.5 Å². The van der Waals surface area contributed by atoms with Gasteiger partial charge in [-0.3, -0.25) is 4.79 Å². The molecule has 1 N–H and O–H groups in total. The van der Waals surface area contributed by atoms with Crippen molar-refractivity contribution in [3.63, 3.8) is 0 Å². The minimum atomic E-state index is -0.204. The van der Waals surface area contributed by atoms with Crippen LogP contribution in [0.4, 0.5) is 0 Å². The Hall–Kier alpha value is -2.73. The summed E-state index contributed by atoms with van der Waals surface area (Å²) in [4.78, 5) is 12.1. The molecular weight excluding hydrogens is 410 g/mol. The molecular formula is C21H20BrNO4. The Labute approximate surface area is 166 Å². The fraction of sp³-hybridized carbons (Fsp3) is 0.190. The lowest BCUT2D eigenvalue weighted by molar-refractivity contribution is -0.123. The first-order chi connectivity index (χ1) is 13.1. The number of rotatable bonds is 7. The van der Waals surface area contributed by atoms with Crippen molar-refractivity contribution >= 4 is 32.6 Å². The highest BCUT2D eigenvalue weighted by atomic mass is 79.9. The number of methoxy groups -OCH3 is 2. The van der Waals surface area contributed by atoms with Crippen molar-refractivity contribution in [2.75, 3.05) is 20.8 Å². The van der Waals surface area contributed by atoms with Gasteiger partial charge in [0, 0.05) is 11.0 Å². The van der Waals surface area contributed by atoms with Crippen molar-refractivity contribution in [1.29, 1.82) is 0 Å². The molecule has 0 saturated carbocycles. The second-order valence-electron chi connectivity index (χ2n) is 5.87. The molecule has 6 heteroatoms. The molecule has 0 fully saturated rings. The average molecular weight is 430 g/mol. The third kappa shape index (κ3) is 4.71. The standard InChI is InChI=1S/C21H20BrNO4/c1-25-19-10-16(18(22)11-20(19)26-2)12-23-21(24)13-27-17-8-7-14-5-3-4-6-15(14)9-17/h3-11H,12-13H2,1-2H3,(H,23,24). The van der Waals surface area contributed by atoms with E-state index in [0.717, 1.165) is 20.8 Å². The van der Waals surface area contributed by atoms with Gasteiger partial charge in [-0.1, -0.05) is 46.3 Å². The normalized spacial score (nSPS) is 10.5. The van der Waals surface area contributed by atoms with Gasteiger partial charge >= 0.3 is 0 Å². The molecule has 3 aromatic rings. The zero-order chi connectivity index (χ0) is 19.2. The maximum absolute atomic E-state index is 12.1. The summed E-state index contributed by atoms with van der Waals surface area (Å²) in [5.41, 5.74) is 0.881. The van der Waals surface area contributed by atoms with Crippen molar-refractivity contribution in [2.24, 2.45) is 0 Å². The molecule has 3 aromatic carbocycles. The van der Waals surface area contributed by atoms with Crippen molar-refractivity contribution in [3.05, 3.63) is 64.6 Å². The minimum absolute atomic E-state index is 0.0523. The smallest absolute Gasteiger partial charge is 0.258 e. The second kappa shape index (κ2) is 8.77. The van der Waals surface area contributed by atoms with Crippen LogP contribution in [-0.2, 0) is 11.3 Å². The third-order valence-corrected chi connectivity index (χ3v) is 4.86. The third-order valence-electron chi connectivity index (χ3n) is 4.12. The number of hydrogen-bond donors (Lipinski definition) is 1. The van der Waals surface area contributed by atoms with E-state index in [1.165, 1.54) is 0 Å². The summed E-state index contributed by atoms with van der Waals surface area (Å²) < 4.78 is 17.0. The number of nitrogens with one attached hydrogen (secondary N) is 1. The predicted molar refractivity (Wildman–Crippen MR) is 109 cm³/mol. The number of ether oxygens (including phenoxy) is 3. The Balaban J connectivity index is 1.58. The van der Waals surface area contributed by atoms with E-state index in [1.807, 2.05) is 54.6 Å². The largest absolute Gasteiger partial charge is 0.493 e. The number of benzene rings is 3.